The monoisotopic (exact) mass is 644 g/mol. The van der Waals surface area contributed by atoms with Crippen molar-refractivity contribution in [2.75, 3.05) is 36.9 Å². The standard InChI is InChI=1S/C28H43F3N6O4SSi/c1-26(2,3)41-25(39)34-17-27(4)10-13-36(14-11-27)24-35-22(32)20(23(38)37(24)18-40-15-16-43(5,6)7)42-19-9-8-12-33-21(19)28(29,30)31/h8-9,12H,10-11,13-18,32H2,1-7H3,(H,34,39). The van der Waals surface area contributed by atoms with Gasteiger partial charge in [-0.15, -0.1) is 0 Å². The second-order valence-corrected chi connectivity index (χ2v) is 20.0. The Morgan fingerprint density at radius 2 is 1.86 bits per heavy atom. The minimum absolute atomic E-state index is 0.118. The number of nitrogen functional groups attached to an aromatic ring is 1. The van der Waals surface area contributed by atoms with E-state index in [1.807, 2.05) is 4.90 Å². The van der Waals surface area contributed by atoms with Crippen molar-refractivity contribution in [3.05, 3.63) is 34.4 Å². The molecule has 10 nitrogen and oxygen atoms in total. The maximum atomic E-state index is 13.8. The summed E-state index contributed by atoms with van der Waals surface area (Å²) in [5.74, 6) is 0.129. The van der Waals surface area contributed by atoms with E-state index >= 15 is 0 Å². The molecule has 2 aromatic heterocycles. The molecule has 0 radical (unpaired) electrons. The first kappa shape index (κ1) is 34.7. The molecule has 1 amide bonds. The third kappa shape index (κ3) is 10.1. The van der Waals surface area contributed by atoms with Crippen molar-refractivity contribution in [1.29, 1.82) is 0 Å². The van der Waals surface area contributed by atoms with Crippen LogP contribution < -0.4 is 21.5 Å². The number of nitrogens with one attached hydrogen (secondary N) is 1. The maximum absolute atomic E-state index is 13.8. The zero-order valence-corrected chi connectivity index (χ0v) is 27.7. The Morgan fingerprint density at radius 3 is 2.44 bits per heavy atom. The summed E-state index contributed by atoms with van der Waals surface area (Å²) in [7, 11) is -1.41. The lowest BCUT2D eigenvalue weighted by Gasteiger charge is -2.40. The average Bonchev–Trinajstić information content (AvgIpc) is 2.87. The van der Waals surface area contributed by atoms with Crippen molar-refractivity contribution in [3.8, 4) is 0 Å². The molecule has 1 aliphatic rings. The maximum Gasteiger partial charge on any atom is 0.434 e. The molecule has 3 heterocycles. The van der Waals surface area contributed by atoms with Crippen molar-refractivity contribution in [3.63, 3.8) is 0 Å². The van der Waals surface area contributed by atoms with Gasteiger partial charge in [0.2, 0.25) is 5.95 Å². The Labute approximate surface area is 255 Å². The number of piperidine rings is 1. The molecule has 3 rings (SSSR count). The molecule has 0 saturated carbocycles. The number of ether oxygens (including phenoxy) is 2. The predicted molar refractivity (Wildman–Crippen MR) is 164 cm³/mol. The van der Waals surface area contributed by atoms with Crippen LogP contribution in [0.3, 0.4) is 0 Å². The van der Waals surface area contributed by atoms with Crippen LogP contribution in [0.1, 0.15) is 46.2 Å². The van der Waals surface area contributed by atoms with Gasteiger partial charge in [0.1, 0.15) is 23.0 Å². The lowest BCUT2D eigenvalue weighted by atomic mass is 9.80. The molecular formula is C28H43F3N6O4SSi. The van der Waals surface area contributed by atoms with Gasteiger partial charge in [0.15, 0.2) is 5.69 Å². The van der Waals surface area contributed by atoms with Crippen molar-refractivity contribution in [2.24, 2.45) is 5.41 Å². The van der Waals surface area contributed by atoms with E-state index in [9.17, 15) is 22.8 Å². The minimum atomic E-state index is -4.70. The molecule has 1 aliphatic heterocycles. The van der Waals surface area contributed by atoms with E-state index in [1.54, 1.807) is 20.8 Å². The number of amides is 1. The molecule has 240 valence electrons. The molecule has 0 aromatic carbocycles. The molecule has 1 saturated heterocycles. The van der Waals surface area contributed by atoms with E-state index < -0.39 is 37.2 Å². The first-order chi connectivity index (χ1) is 19.8. The molecule has 15 heteroatoms. The minimum Gasteiger partial charge on any atom is -0.444 e. The zero-order valence-electron chi connectivity index (χ0n) is 25.9. The highest BCUT2D eigenvalue weighted by Gasteiger charge is 2.37. The normalized spacial score (nSPS) is 15.8. The number of alkyl halides is 3. The number of carbonyl (C=O) groups excluding carboxylic acids is 1. The van der Waals surface area contributed by atoms with Crippen LogP contribution in [-0.2, 0) is 22.4 Å². The van der Waals surface area contributed by atoms with Crippen molar-refractivity contribution < 1.29 is 27.4 Å². The third-order valence-corrected chi connectivity index (χ3v) is 9.76. The summed E-state index contributed by atoms with van der Waals surface area (Å²) < 4.78 is 53.4. The lowest BCUT2D eigenvalue weighted by molar-refractivity contribution is -0.143. The summed E-state index contributed by atoms with van der Waals surface area (Å²) in [4.78, 5) is 35.5. The molecule has 0 bridgehead atoms. The number of anilines is 2. The van der Waals surface area contributed by atoms with Crippen LogP contribution in [0, 0.1) is 5.41 Å². The van der Waals surface area contributed by atoms with E-state index in [-0.39, 0.29) is 27.8 Å². The molecule has 3 N–H and O–H groups in total. The quantitative estimate of drug-likeness (QED) is 0.243. The number of rotatable bonds is 10. The molecule has 1 fully saturated rings. The van der Waals surface area contributed by atoms with Crippen LogP contribution in [-0.4, -0.2) is 60.5 Å². The number of aromatic nitrogens is 3. The van der Waals surface area contributed by atoms with Crippen LogP contribution in [0.25, 0.3) is 0 Å². The zero-order chi connectivity index (χ0) is 32.2. The van der Waals surface area contributed by atoms with E-state index in [0.717, 1.165) is 12.2 Å². The topological polar surface area (TPSA) is 125 Å². The van der Waals surface area contributed by atoms with Gasteiger partial charge in [0, 0.05) is 45.4 Å². The predicted octanol–water partition coefficient (Wildman–Crippen LogP) is 5.83. The van der Waals surface area contributed by atoms with Gasteiger partial charge >= 0.3 is 12.3 Å². The SMILES string of the molecule is CC1(CNC(=O)OC(C)(C)C)CCN(c2nc(N)c(Sc3cccnc3C(F)(F)F)c(=O)n2COCC[Si](C)(C)C)CC1. The number of hydrogen-bond acceptors (Lipinski definition) is 9. The Morgan fingerprint density at radius 1 is 1.21 bits per heavy atom. The number of hydrogen-bond donors (Lipinski definition) is 2. The van der Waals surface area contributed by atoms with Crippen molar-refractivity contribution in [2.45, 2.75) is 94.5 Å². The number of halogens is 3. The molecule has 0 unspecified atom stereocenters. The van der Waals surface area contributed by atoms with Crippen LogP contribution in [0.2, 0.25) is 25.7 Å². The summed E-state index contributed by atoms with van der Waals surface area (Å²) in [6.07, 6.45) is -2.78. The summed E-state index contributed by atoms with van der Waals surface area (Å²) in [6, 6.07) is 3.49. The highest BCUT2D eigenvalue weighted by molar-refractivity contribution is 7.99. The third-order valence-electron chi connectivity index (χ3n) is 6.91. The van der Waals surface area contributed by atoms with Gasteiger partial charge in [-0.25, -0.2) is 4.79 Å². The molecule has 0 spiro atoms. The van der Waals surface area contributed by atoms with Crippen LogP contribution >= 0.6 is 11.8 Å². The van der Waals surface area contributed by atoms with Crippen molar-refractivity contribution in [1.82, 2.24) is 19.9 Å². The number of pyridine rings is 1. The van der Waals surface area contributed by atoms with E-state index in [1.165, 1.54) is 16.7 Å². The van der Waals surface area contributed by atoms with E-state index in [2.05, 4.69) is 41.8 Å². The van der Waals surface area contributed by atoms with Gasteiger partial charge in [0.05, 0.1) is 0 Å². The first-order valence-electron chi connectivity index (χ1n) is 14.2. The fourth-order valence-electron chi connectivity index (χ4n) is 4.35. The Kier molecular flexibility index (Phi) is 10.9. The molecule has 43 heavy (non-hydrogen) atoms. The average molecular weight is 645 g/mol. The fraction of sp³-hybridized carbons (Fsp3) is 0.643. The summed E-state index contributed by atoms with van der Waals surface area (Å²) in [5, 5.41) is 2.85. The molecular weight excluding hydrogens is 601 g/mol. The Bertz CT molecular complexity index is 1340. The second kappa shape index (κ2) is 13.5. The highest BCUT2D eigenvalue weighted by atomic mass is 32.2. The molecule has 2 aromatic rings. The van der Waals surface area contributed by atoms with Crippen LogP contribution in [0.4, 0.5) is 29.7 Å². The van der Waals surface area contributed by atoms with Gasteiger partial charge in [-0.05, 0) is 57.2 Å². The summed E-state index contributed by atoms with van der Waals surface area (Å²) in [6.45, 7) is 15.9. The smallest absolute Gasteiger partial charge is 0.434 e. The van der Waals surface area contributed by atoms with Gasteiger partial charge in [-0.3, -0.25) is 14.3 Å². The van der Waals surface area contributed by atoms with Gasteiger partial charge in [-0.1, -0.05) is 38.3 Å². The molecule has 0 atom stereocenters. The Hall–Kier alpha value is -2.78. The highest BCUT2D eigenvalue weighted by Crippen LogP contribution is 2.39. The number of alkyl carbamates (subject to hydrolysis) is 1. The van der Waals surface area contributed by atoms with Crippen LogP contribution in [0.5, 0.6) is 0 Å². The molecule has 0 aliphatic carbocycles. The number of nitrogens with zero attached hydrogens (tertiary/aromatic N) is 4. The Balaban J connectivity index is 1.86. The largest absolute Gasteiger partial charge is 0.444 e. The van der Waals surface area contributed by atoms with E-state index in [4.69, 9.17) is 15.2 Å². The van der Waals surface area contributed by atoms with Crippen molar-refractivity contribution >= 4 is 37.7 Å². The summed E-state index contributed by atoms with van der Waals surface area (Å²) >= 11 is 0.597. The lowest BCUT2D eigenvalue weighted by Crippen LogP contribution is -2.47. The van der Waals surface area contributed by atoms with Gasteiger partial charge in [0.25, 0.3) is 5.56 Å². The number of nitrogens with two attached hydrogens (primary N) is 1. The second-order valence-electron chi connectivity index (χ2n) is 13.3. The van der Waals surface area contributed by atoms with E-state index in [0.29, 0.717) is 56.8 Å². The number of carbonyl (C=O) groups is 1. The van der Waals surface area contributed by atoms with Gasteiger partial charge in [-0.2, -0.15) is 18.2 Å². The van der Waals surface area contributed by atoms with Crippen LogP contribution in [0.15, 0.2) is 32.9 Å². The fourth-order valence-corrected chi connectivity index (χ4v) is 6.08. The summed E-state index contributed by atoms with van der Waals surface area (Å²) in [5.41, 5.74) is 3.72. The van der Waals surface area contributed by atoms with Gasteiger partial charge < -0.3 is 25.4 Å². The first-order valence-corrected chi connectivity index (χ1v) is 18.7.